The molecule has 0 atom stereocenters. The number of rotatable bonds is 8. The molecule has 7 heteroatoms. The lowest BCUT2D eigenvalue weighted by molar-refractivity contribution is 0.163. The van der Waals surface area contributed by atoms with Crippen LogP contribution in [0.2, 0.25) is 0 Å². The van der Waals surface area contributed by atoms with E-state index in [1.54, 1.807) is 24.3 Å². The molecular formula is C12H19N3O3S. The second-order valence-electron chi connectivity index (χ2n) is 4.02. The molecule has 0 saturated heterocycles. The van der Waals surface area contributed by atoms with E-state index < -0.39 is 10.0 Å². The highest BCUT2D eigenvalue weighted by atomic mass is 32.2. The standard InChI is InChI=1S/C12H19N3O3S/c1-2-18-7-8-19(16,17)15-11-5-3-10(4-6-11)9-12(13)14/h3-6,15H,2,7-9H2,1H3,(H3,13,14). The van der Waals surface area contributed by atoms with Crippen molar-refractivity contribution in [1.82, 2.24) is 0 Å². The first-order valence-electron chi connectivity index (χ1n) is 5.93. The second-order valence-corrected chi connectivity index (χ2v) is 5.86. The van der Waals surface area contributed by atoms with Crippen molar-refractivity contribution in [3.8, 4) is 0 Å². The van der Waals surface area contributed by atoms with Crippen molar-refractivity contribution < 1.29 is 13.2 Å². The van der Waals surface area contributed by atoms with E-state index in [-0.39, 0.29) is 18.2 Å². The maximum absolute atomic E-state index is 11.7. The highest BCUT2D eigenvalue weighted by Crippen LogP contribution is 2.11. The molecule has 0 saturated carbocycles. The van der Waals surface area contributed by atoms with Crippen LogP contribution in [0.25, 0.3) is 0 Å². The minimum absolute atomic E-state index is 0.0734. The molecule has 1 rings (SSSR count). The number of hydrogen-bond donors (Lipinski definition) is 3. The number of anilines is 1. The number of hydrogen-bond acceptors (Lipinski definition) is 4. The average Bonchev–Trinajstić information content (AvgIpc) is 2.31. The van der Waals surface area contributed by atoms with Crippen molar-refractivity contribution >= 4 is 21.5 Å². The number of benzene rings is 1. The van der Waals surface area contributed by atoms with Gasteiger partial charge in [0.1, 0.15) is 0 Å². The Kier molecular flexibility index (Phi) is 5.78. The zero-order valence-electron chi connectivity index (χ0n) is 10.8. The van der Waals surface area contributed by atoms with E-state index in [1.807, 2.05) is 6.92 Å². The summed E-state index contributed by atoms with van der Waals surface area (Å²) in [5.41, 5.74) is 6.65. The Morgan fingerprint density at radius 2 is 2.00 bits per heavy atom. The van der Waals surface area contributed by atoms with E-state index in [4.69, 9.17) is 15.9 Å². The minimum atomic E-state index is -3.38. The largest absolute Gasteiger partial charge is 0.387 e. The molecule has 1 aromatic rings. The zero-order chi connectivity index (χ0) is 14.3. The van der Waals surface area contributed by atoms with Gasteiger partial charge in [0, 0.05) is 18.7 Å². The second kappa shape index (κ2) is 7.10. The Morgan fingerprint density at radius 3 is 2.53 bits per heavy atom. The van der Waals surface area contributed by atoms with Crippen molar-refractivity contribution in [3.63, 3.8) is 0 Å². The first-order valence-corrected chi connectivity index (χ1v) is 7.58. The van der Waals surface area contributed by atoms with Crippen molar-refractivity contribution in [3.05, 3.63) is 29.8 Å². The predicted octanol–water partition coefficient (Wildman–Crippen LogP) is 0.943. The minimum Gasteiger partial charge on any atom is -0.387 e. The first kappa shape index (κ1) is 15.5. The molecule has 19 heavy (non-hydrogen) atoms. The van der Waals surface area contributed by atoms with Gasteiger partial charge in [-0.15, -0.1) is 0 Å². The SMILES string of the molecule is CCOCCS(=O)(=O)Nc1ccc(CC(=N)N)cc1. The quantitative estimate of drug-likeness (QED) is 0.375. The molecule has 106 valence electrons. The monoisotopic (exact) mass is 285 g/mol. The molecule has 0 unspecified atom stereocenters. The van der Waals surface area contributed by atoms with Crippen LogP contribution in [0.3, 0.4) is 0 Å². The van der Waals surface area contributed by atoms with Gasteiger partial charge in [-0.3, -0.25) is 10.1 Å². The molecule has 0 spiro atoms. The van der Waals surface area contributed by atoms with E-state index in [1.165, 1.54) is 0 Å². The van der Waals surface area contributed by atoms with Gasteiger partial charge in [-0.1, -0.05) is 12.1 Å². The van der Waals surface area contributed by atoms with Crippen LogP contribution < -0.4 is 10.5 Å². The summed E-state index contributed by atoms with van der Waals surface area (Å²) >= 11 is 0. The normalized spacial score (nSPS) is 11.2. The fourth-order valence-electron chi connectivity index (χ4n) is 1.45. The fraction of sp³-hybridized carbons (Fsp3) is 0.417. The molecule has 0 bridgehead atoms. The molecule has 0 heterocycles. The van der Waals surface area contributed by atoms with Gasteiger partial charge in [-0.25, -0.2) is 8.42 Å². The smallest absolute Gasteiger partial charge is 0.234 e. The molecule has 0 aromatic heterocycles. The Labute approximate surface area is 113 Å². The summed E-state index contributed by atoms with van der Waals surface area (Å²) in [6.07, 6.45) is 0.359. The van der Waals surface area contributed by atoms with Gasteiger partial charge in [-0.2, -0.15) is 0 Å². The Balaban J connectivity index is 2.59. The van der Waals surface area contributed by atoms with Crippen LogP contribution in [0.5, 0.6) is 0 Å². The summed E-state index contributed by atoms with van der Waals surface area (Å²) in [7, 11) is -3.38. The van der Waals surface area contributed by atoms with Crippen molar-refractivity contribution in [2.75, 3.05) is 23.7 Å². The van der Waals surface area contributed by atoms with Gasteiger partial charge in [-0.05, 0) is 24.6 Å². The van der Waals surface area contributed by atoms with Crippen LogP contribution in [0.15, 0.2) is 24.3 Å². The van der Waals surface area contributed by atoms with E-state index in [9.17, 15) is 8.42 Å². The highest BCUT2D eigenvalue weighted by molar-refractivity contribution is 7.92. The summed E-state index contributed by atoms with van der Waals surface area (Å²) in [5.74, 6) is 0.000740. The molecule has 0 aliphatic rings. The molecular weight excluding hydrogens is 266 g/mol. The molecule has 0 aliphatic heterocycles. The van der Waals surface area contributed by atoms with Crippen LogP contribution in [0.1, 0.15) is 12.5 Å². The molecule has 1 aromatic carbocycles. The number of ether oxygens (including phenoxy) is 1. The van der Waals surface area contributed by atoms with Crippen LogP contribution in [-0.4, -0.2) is 33.2 Å². The van der Waals surface area contributed by atoms with Crippen molar-refractivity contribution in [1.29, 1.82) is 5.41 Å². The number of nitrogens with two attached hydrogens (primary N) is 1. The molecule has 4 N–H and O–H groups in total. The molecule has 0 radical (unpaired) electrons. The van der Waals surface area contributed by atoms with E-state index >= 15 is 0 Å². The number of amidine groups is 1. The van der Waals surface area contributed by atoms with Crippen LogP contribution >= 0.6 is 0 Å². The average molecular weight is 285 g/mol. The zero-order valence-corrected chi connectivity index (χ0v) is 11.7. The van der Waals surface area contributed by atoms with Crippen molar-refractivity contribution in [2.24, 2.45) is 5.73 Å². The Hall–Kier alpha value is -1.60. The molecule has 0 fully saturated rings. The third-order valence-electron chi connectivity index (χ3n) is 2.32. The Morgan fingerprint density at radius 1 is 1.37 bits per heavy atom. The molecule has 0 amide bonds. The summed E-state index contributed by atoms with van der Waals surface area (Å²) < 4.78 is 30.9. The maximum Gasteiger partial charge on any atom is 0.234 e. The third-order valence-corrected chi connectivity index (χ3v) is 3.57. The molecule has 0 aliphatic carbocycles. The predicted molar refractivity (Wildman–Crippen MR) is 76.0 cm³/mol. The lowest BCUT2D eigenvalue weighted by Gasteiger charge is -2.08. The third kappa shape index (κ3) is 6.21. The first-order chi connectivity index (χ1) is 8.93. The summed E-state index contributed by atoms with van der Waals surface area (Å²) in [5, 5.41) is 7.18. The van der Waals surface area contributed by atoms with Gasteiger partial charge >= 0.3 is 0 Å². The lowest BCUT2D eigenvalue weighted by atomic mass is 10.1. The number of sulfonamides is 1. The summed E-state index contributed by atoms with van der Waals surface area (Å²) in [4.78, 5) is 0. The van der Waals surface area contributed by atoms with Crippen molar-refractivity contribution in [2.45, 2.75) is 13.3 Å². The van der Waals surface area contributed by atoms with Gasteiger partial charge in [0.15, 0.2) is 0 Å². The number of nitrogens with one attached hydrogen (secondary N) is 2. The summed E-state index contributed by atoms with van der Waals surface area (Å²) in [6.45, 7) is 2.48. The van der Waals surface area contributed by atoms with E-state index in [0.717, 1.165) is 5.56 Å². The van der Waals surface area contributed by atoms with Gasteiger partial charge in [0.2, 0.25) is 10.0 Å². The highest BCUT2D eigenvalue weighted by Gasteiger charge is 2.10. The molecule has 6 nitrogen and oxygen atoms in total. The lowest BCUT2D eigenvalue weighted by Crippen LogP contribution is -2.20. The van der Waals surface area contributed by atoms with Gasteiger partial charge < -0.3 is 10.5 Å². The van der Waals surface area contributed by atoms with Gasteiger partial charge in [0.05, 0.1) is 18.2 Å². The Bertz CT molecular complexity index is 512. The van der Waals surface area contributed by atoms with Gasteiger partial charge in [0.25, 0.3) is 0 Å². The fourth-order valence-corrected chi connectivity index (χ4v) is 2.39. The topological polar surface area (TPSA) is 105 Å². The van der Waals surface area contributed by atoms with Crippen LogP contribution in [0.4, 0.5) is 5.69 Å². The van der Waals surface area contributed by atoms with Crippen LogP contribution in [-0.2, 0) is 21.2 Å². The maximum atomic E-state index is 11.7. The summed E-state index contributed by atoms with van der Waals surface area (Å²) in [6, 6.07) is 6.77. The van der Waals surface area contributed by atoms with E-state index in [0.29, 0.717) is 18.7 Å². The van der Waals surface area contributed by atoms with Crippen LogP contribution in [0, 0.1) is 5.41 Å². The van der Waals surface area contributed by atoms with E-state index in [2.05, 4.69) is 4.72 Å².